The van der Waals surface area contributed by atoms with Crippen molar-refractivity contribution in [1.29, 1.82) is 0 Å². The molecule has 0 spiro atoms. The standard InChI is InChI=1S/C45H88N2O4/c1-5-7-9-11-13-15-17-19-21-23-25-27-29-31-33-35-39-49-42-43(50-41-37-38-47(3)4)44(45(46)48)51-40-36-34-32-30-28-26-24-22-20-18-16-14-12-10-8-6-2/h19-22,43-44H,5-18,23-42H2,1-4H3,(H2,46,48)/b21-19-,22-20-. The first kappa shape index (κ1) is 49.8. The number of primary amides is 1. The van der Waals surface area contributed by atoms with Gasteiger partial charge in [0.2, 0.25) is 5.91 Å². The van der Waals surface area contributed by atoms with Crippen molar-refractivity contribution in [2.24, 2.45) is 5.73 Å². The highest BCUT2D eigenvalue weighted by Crippen LogP contribution is 2.14. The van der Waals surface area contributed by atoms with E-state index in [2.05, 4.69) is 57.1 Å². The molecule has 0 heterocycles. The molecule has 302 valence electrons. The summed E-state index contributed by atoms with van der Waals surface area (Å²) in [7, 11) is 4.11. The van der Waals surface area contributed by atoms with Gasteiger partial charge in [0.05, 0.1) is 6.61 Å². The van der Waals surface area contributed by atoms with Crippen LogP contribution in [0.5, 0.6) is 0 Å². The van der Waals surface area contributed by atoms with Crippen LogP contribution in [-0.4, -0.2) is 70.1 Å². The Kier molecular flexibility index (Phi) is 40.6. The Balaban J connectivity index is 4.09. The van der Waals surface area contributed by atoms with Gasteiger partial charge >= 0.3 is 0 Å². The minimum atomic E-state index is -0.771. The molecule has 0 fully saturated rings. The molecule has 0 radical (unpaired) electrons. The predicted molar refractivity (Wildman–Crippen MR) is 222 cm³/mol. The normalized spacial score (nSPS) is 13.3. The van der Waals surface area contributed by atoms with Crippen LogP contribution < -0.4 is 5.73 Å². The van der Waals surface area contributed by atoms with Gasteiger partial charge in [0.1, 0.15) is 6.10 Å². The zero-order valence-corrected chi connectivity index (χ0v) is 34.7. The van der Waals surface area contributed by atoms with Crippen LogP contribution in [0.3, 0.4) is 0 Å². The molecule has 2 atom stereocenters. The van der Waals surface area contributed by atoms with Gasteiger partial charge in [-0.3, -0.25) is 4.79 Å². The van der Waals surface area contributed by atoms with Gasteiger partial charge in [0, 0.05) is 19.8 Å². The Labute approximate surface area is 318 Å². The Morgan fingerprint density at radius 3 is 1.29 bits per heavy atom. The van der Waals surface area contributed by atoms with Crippen LogP contribution in [-0.2, 0) is 19.0 Å². The van der Waals surface area contributed by atoms with Crippen molar-refractivity contribution in [1.82, 2.24) is 4.90 Å². The van der Waals surface area contributed by atoms with Gasteiger partial charge < -0.3 is 24.8 Å². The van der Waals surface area contributed by atoms with Gasteiger partial charge in [0.25, 0.3) is 0 Å². The summed E-state index contributed by atoms with van der Waals surface area (Å²) < 4.78 is 18.2. The fraction of sp³-hybridized carbons (Fsp3) is 0.889. The van der Waals surface area contributed by atoms with E-state index in [0.29, 0.717) is 26.4 Å². The van der Waals surface area contributed by atoms with Gasteiger partial charge in [-0.1, -0.05) is 154 Å². The zero-order valence-electron chi connectivity index (χ0n) is 34.7. The van der Waals surface area contributed by atoms with Crippen LogP contribution in [0.4, 0.5) is 0 Å². The number of unbranched alkanes of at least 4 members (excludes halogenated alkanes) is 24. The lowest BCUT2D eigenvalue weighted by atomic mass is 10.1. The van der Waals surface area contributed by atoms with Crippen molar-refractivity contribution in [2.45, 2.75) is 212 Å². The minimum absolute atomic E-state index is 0.341. The SMILES string of the molecule is CCCCCCCC/C=C\CCCCCCCCOCC(OCCCN(C)C)C(OCCCCCCCC/C=C\CCCCCCCC)C(N)=O. The van der Waals surface area contributed by atoms with Gasteiger partial charge in [-0.25, -0.2) is 0 Å². The molecule has 0 bridgehead atoms. The fourth-order valence-electron chi connectivity index (χ4n) is 6.42. The number of nitrogens with zero attached hydrogens (tertiary/aromatic N) is 1. The number of carbonyl (C=O) groups is 1. The minimum Gasteiger partial charge on any atom is -0.379 e. The lowest BCUT2D eigenvalue weighted by Crippen LogP contribution is -2.45. The molecule has 0 saturated carbocycles. The van der Waals surface area contributed by atoms with E-state index in [-0.39, 0.29) is 0 Å². The predicted octanol–water partition coefficient (Wildman–Crippen LogP) is 12.3. The van der Waals surface area contributed by atoms with Crippen molar-refractivity contribution in [3.63, 3.8) is 0 Å². The van der Waals surface area contributed by atoms with Crippen LogP contribution >= 0.6 is 0 Å². The molecule has 0 aliphatic carbocycles. The summed E-state index contributed by atoms with van der Waals surface area (Å²) in [5.41, 5.74) is 5.81. The largest absolute Gasteiger partial charge is 0.379 e. The average molecular weight is 721 g/mol. The van der Waals surface area contributed by atoms with Crippen LogP contribution in [0.1, 0.15) is 200 Å². The number of nitrogens with two attached hydrogens (primary N) is 1. The molecule has 0 rings (SSSR count). The molecule has 1 amide bonds. The topological polar surface area (TPSA) is 74.0 Å². The summed E-state index contributed by atoms with van der Waals surface area (Å²) in [6, 6.07) is 0. The Bertz CT molecular complexity index is 756. The number of carbonyl (C=O) groups excluding carboxylic acids is 1. The Hall–Kier alpha value is -1.21. The fourth-order valence-corrected chi connectivity index (χ4v) is 6.42. The number of ether oxygens (including phenoxy) is 3. The second-order valence-electron chi connectivity index (χ2n) is 15.2. The molecule has 2 unspecified atom stereocenters. The van der Waals surface area contributed by atoms with E-state index < -0.39 is 18.1 Å². The van der Waals surface area contributed by atoms with E-state index in [9.17, 15) is 4.79 Å². The van der Waals surface area contributed by atoms with E-state index in [4.69, 9.17) is 19.9 Å². The lowest BCUT2D eigenvalue weighted by Gasteiger charge is -2.25. The molecule has 6 heteroatoms. The number of amides is 1. The van der Waals surface area contributed by atoms with Crippen LogP contribution in [0.2, 0.25) is 0 Å². The molecule has 6 nitrogen and oxygen atoms in total. The molecule has 2 N–H and O–H groups in total. The van der Waals surface area contributed by atoms with Crippen LogP contribution in [0.25, 0.3) is 0 Å². The quantitative estimate of drug-likeness (QED) is 0.0502. The number of rotatable bonds is 42. The zero-order chi connectivity index (χ0) is 37.3. The molecular weight excluding hydrogens is 633 g/mol. The monoisotopic (exact) mass is 721 g/mol. The summed E-state index contributed by atoms with van der Waals surface area (Å²) in [6.07, 6.45) is 45.0. The first-order chi connectivity index (χ1) is 25.0. The third kappa shape index (κ3) is 38.3. The highest BCUT2D eigenvalue weighted by molar-refractivity contribution is 5.79. The summed E-state index contributed by atoms with van der Waals surface area (Å²) in [5, 5.41) is 0. The third-order valence-electron chi connectivity index (χ3n) is 9.74. The van der Waals surface area contributed by atoms with E-state index in [0.717, 1.165) is 32.2 Å². The summed E-state index contributed by atoms with van der Waals surface area (Å²) in [4.78, 5) is 14.6. The lowest BCUT2D eigenvalue weighted by molar-refractivity contribution is -0.148. The first-order valence-electron chi connectivity index (χ1n) is 22.1. The summed E-state index contributed by atoms with van der Waals surface area (Å²) >= 11 is 0. The van der Waals surface area contributed by atoms with E-state index in [1.165, 1.54) is 161 Å². The molecular formula is C45H88N2O4. The van der Waals surface area contributed by atoms with Crippen molar-refractivity contribution in [3.8, 4) is 0 Å². The molecule has 51 heavy (non-hydrogen) atoms. The van der Waals surface area contributed by atoms with Crippen molar-refractivity contribution in [3.05, 3.63) is 24.3 Å². The number of hydrogen-bond acceptors (Lipinski definition) is 5. The maximum absolute atomic E-state index is 12.4. The van der Waals surface area contributed by atoms with Gasteiger partial charge in [0.15, 0.2) is 6.10 Å². The number of allylic oxidation sites excluding steroid dienone is 4. The Morgan fingerprint density at radius 1 is 0.510 bits per heavy atom. The van der Waals surface area contributed by atoms with E-state index >= 15 is 0 Å². The highest BCUT2D eigenvalue weighted by atomic mass is 16.6. The Morgan fingerprint density at radius 2 is 0.882 bits per heavy atom. The summed E-state index contributed by atoms with van der Waals surface area (Å²) in [6.45, 7) is 7.59. The van der Waals surface area contributed by atoms with Crippen molar-refractivity contribution >= 4 is 5.91 Å². The highest BCUT2D eigenvalue weighted by Gasteiger charge is 2.28. The molecule has 0 saturated heterocycles. The molecule has 0 aliphatic rings. The maximum Gasteiger partial charge on any atom is 0.249 e. The van der Waals surface area contributed by atoms with E-state index in [1.54, 1.807) is 0 Å². The molecule has 0 aromatic rings. The maximum atomic E-state index is 12.4. The van der Waals surface area contributed by atoms with Gasteiger partial charge in [-0.15, -0.1) is 0 Å². The van der Waals surface area contributed by atoms with Gasteiger partial charge in [-0.05, 0) is 91.3 Å². The second-order valence-corrected chi connectivity index (χ2v) is 15.2. The van der Waals surface area contributed by atoms with Crippen LogP contribution in [0, 0.1) is 0 Å². The van der Waals surface area contributed by atoms with Crippen molar-refractivity contribution < 1.29 is 19.0 Å². The molecule has 0 aromatic heterocycles. The van der Waals surface area contributed by atoms with Crippen molar-refractivity contribution in [2.75, 3.05) is 47.1 Å². The third-order valence-corrected chi connectivity index (χ3v) is 9.74. The van der Waals surface area contributed by atoms with Gasteiger partial charge in [-0.2, -0.15) is 0 Å². The average Bonchev–Trinajstić information content (AvgIpc) is 3.11. The molecule has 0 aromatic carbocycles. The first-order valence-corrected chi connectivity index (χ1v) is 22.1. The number of hydrogen-bond donors (Lipinski definition) is 1. The van der Waals surface area contributed by atoms with E-state index in [1.807, 2.05) is 0 Å². The second kappa shape index (κ2) is 41.5. The smallest absolute Gasteiger partial charge is 0.249 e. The molecule has 0 aliphatic heterocycles. The van der Waals surface area contributed by atoms with Crippen LogP contribution in [0.15, 0.2) is 24.3 Å². The summed E-state index contributed by atoms with van der Waals surface area (Å²) in [5.74, 6) is -0.460.